The lowest BCUT2D eigenvalue weighted by molar-refractivity contribution is 0.148. The van der Waals surface area contributed by atoms with E-state index in [-0.39, 0.29) is 0 Å². The van der Waals surface area contributed by atoms with Crippen molar-refractivity contribution in [2.75, 3.05) is 13.1 Å². The molecule has 0 unspecified atom stereocenters. The molecule has 3 nitrogen and oxygen atoms in total. The van der Waals surface area contributed by atoms with Crippen molar-refractivity contribution in [3.8, 4) is 0 Å². The van der Waals surface area contributed by atoms with Gasteiger partial charge in [-0.25, -0.2) is 4.98 Å². The molecule has 1 aliphatic heterocycles. The van der Waals surface area contributed by atoms with Gasteiger partial charge in [-0.15, -0.1) is 0 Å². The number of rotatable bonds is 2. The Balaban J connectivity index is 1.80. The van der Waals surface area contributed by atoms with E-state index in [2.05, 4.69) is 39.6 Å². The number of nitrogens with zero attached hydrogens (tertiary/aromatic N) is 3. The van der Waals surface area contributed by atoms with E-state index in [1.165, 1.54) is 31.4 Å². The Bertz CT molecular complexity index is 503. The summed E-state index contributed by atoms with van der Waals surface area (Å²) < 4.78 is 2.26. The van der Waals surface area contributed by atoms with Crippen LogP contribution in [-0.2, 0) is 6.67 Å². The van der Waals surface area contributed by atoms with Gasteiger partial charge in [0.15, 0.2) is 0 Å². The smallest absolute Gasteiger partial charge is 0.0969 e. The molecule has 1 saturated heterocycles. The lowest BCUT2D eigenvalue weighted by Gasteiger charge is -2.31. The van der Waals surface area contributed by atoms with Crippen LogP contribution in [0.3, 0.4) is 0 Å². The van der Waals surface area contributed by atoms with Gasteiger partial charge in [0.2, 0.25) is 0 Å². The third-order valence-electron chi connectivity index (χ3n) is 3.62. The van der Waals surface area contributed by atoms with Gasteiger partial charge in [0.05, 0.1) is 24.0 Å². The lowest BCUT2D eigenvalue weighted by Crippen LogP contribution is -2.35. The molecule has 0 radical (unpaired) electrons. The highest BCUT2D eigenvalue weighted by molar-refractivity contribution is 5.74. The molecule has 0 amide bonds. The average Bonchev–Trinajstić information content (AvgIpc) is 2.73. The van der Waals surface area contributed by atoms with E-state index in [0.29, 0.717) is 0 Å². The van der Waals surface area contributed by atoms with Crippen LogP contribution in [-0.4, -0.2) is 27.5 Å². The van der Waals surface area contributed by atoms with E-state index in [9.17, 15) is 0 Å². The topological polar surface area (TPSA) is 21.1 Å². The molecule has 0 spiro atoms. The van der Waals surface area contributed by atoms with E-state index < -0.39 is 0 Å². The van der Waals surface area contributed by atoms with Gasteiger partial charge in [-0.1, -0.05) is 19.1 Å². The van der Waals surface area contributed by atoms with Crippen LogP contribution >= 0.6 is 0 Å². The summed E-state index contributed by atoms with van der Waals surface area (Å²) in [6.45, 7) is 5.76. The maximum Gasteiger partial charge on any atom is 0.0969 e. The summed E-state index contributed by atoms with van der Waals surface area (Å²) >= 11 is 0. The summed E-state index contributed by atoms with van der Waals surface area (Å²) in [5.41, 5.74) is 2.34. The van der Waals surface area contributed by atoms with Gasteiger partial charge in [0.25, 0.3) is 0 Å². The molecule has 2 heterocycles. The van der Waals surface area contributed by atoms with Crippen LogP contribution in [0.2, 0.25) is 0 Å². The van der Waals surface area contributed by atoms with Crippen LogP contribution in [0.15, 0.2) is 30.6 Å². The lowest BCUT2D eigenvalue weighted by atomic mass is 10.0. The van der Waals surface area contributed by atoms with Crippen LogP contribution in [0.4, 0.5) is 0 Å². The molecule has 1 fully saturated rings. The number of hydrogen-bond acceptors (Lipinski definition) is 2. The fourth-order valence-corrected chi connectivity index (χ4v) is 2.75. The van der Waals surface area contributed by atoms with Gasteiger partial charge in [-0.2, -0.15) is 0 Å². The summed E-state index contributed by atoms with van der Waals surface area (Å²) in [5, 5.41) is 0. The van der Waals surface area contributed by atoms with E-state index in [4.69, 9.17) is 0 Å². The quantitative estimate of drug-likeness (QED) is 0.789. The number of imidazole rings is 1. The third-order valence-corrected chi connectivity index (χ3v) is 3.62. The highest BCUT2D eigenvalue weighted by Crippen LogP contribution is 2.18. The van der Waals surface area contributed by atoms with Crippen LogP contribution < -0.4 is 0 Å². The van der Waals surface area contributed by atoms with Crippen molar-refractivity contribution in [1.82, 2.24) is 14.5 Å². The van der Waals surface area contributed by atoms with Gasteiger partial charge in [-0.3, -0.25) is 4.90 Å². The molecule has 2 aromatic rings. The molecule has 3 rings (SSSR count). The first-order chi connectivity index (χ1) is 8.33. The molecule has 1 aromatic carbocycles. The largest absolute Gasteiger partial charge is 0.317 e. The Morgan fingerprint density at radius 2 is 2.24 bits per heavy atom. The number of hydrogen-bond donors (Lipinski definition) is 0. The van der Waals surface area contributed by atoms with Crippen molar-refractivity contribution in [3.63, 3.8) is 0 Å². The zero-order valence-corrected chi connectivity index (χ0v) is 10.3. The molecule has 1 atom stereocenters. The van der Waals surface area contributed by atoms with Crippen molar-refractivity contribution < 1.29 is 0 Å². The van der Waals surface area contributed by atoms with Crippen LogP contribution in [0.25, 0.3) is 11.0 Å². The molecule has 1 aromatic heterocycles. The Kier molecular flexibility index (Phi) is 2.85. The summed E-state index contributed by atoms with van der Waals surface area (Å²) in [6.07, 6.45) is 4.67. The van der Waals surface area contributed by atoms with Gasteiger partial charge in [-0.05, 0) is 37.4 Å². The third kappa shape index (κ3) is 2.20. The predicted octanol–water partition coefficient (Wildman–Crippen LogP) is 2.73. The van der Waals surface area contributed by atoms with Crippen molar-refractivity contribution in [1.29, 1.82) is 0 Å². The minimum Gasteiger partial charge on any atom is -0.317 e. The summed E-state index contributed by atoms with van der Waals surface area (Å²) in [6, 6.07) is 8.35. The number of fused-ring (bicyclic) bond motifs is 1. The molecule has 0 aliphatic carbocycles. The van der Waals surface area contributed by atoms with E-state index in [1.807, 2.05) is 12.4 Å². The fourth-order valence-electron chi connectivity index (χ4n) is 2.75. The standard InChI is InChI=1S/C14H19N3/c1-12-5-4-8-16(9-12)11-17-10-15-13-6-2-3-7-14(13)17/h2-3,6-7,10,12H,4-5,8-9,11H2,1H3/t12-/m0/s1. The molecule has 1 aliphatic rings. The van der Waals surface area contributed by atoms with Gasteiger partial charge >= 0.3 is 0 Å². The van der Waals surface area contributed by atoms with E-state index >= 15 is 0 Å². The summed E-state index contributed by atoms with van der Waals surface area (Å²) in [7, 11) is 0. The zero-order valence-electron chi connectivity index (χ0n) is 10.3. The second kappa shape index (κ2) is 4.49. The van der Waals surface area contributed by atoms with Crippen LogP contribution in [0.5, 0.6) is 0 Å². The first kappa shape index (κ1) is 10.8. The van der Waals surface area contributed by atoms with Crippen molar-refractivity contribution in [3.05, 3.63) is 30.6 Å². The molecular weight excluding hydrogens is 210 g/mol. The number of likely N-dealkylation sites (tertiary alicyclic amines) is 1. The highest BCUT2D eigenvalue weighted by Gasteiger charge is 2.16. The van der Waals surface area contributed by atoms with E-state index in [0.717, 1.165) is 18.1 Å². The SMILES string of the molecule is C[C@H]1CCCN(Cn2cnc3ccccc32)C1. The monoisotopic (exact) mass is 229 g/mol. The van der Waals surface area contributed by atoms with Crippen LogP contribution in [0.1, 0.15) is 19.8 Å². The Labute approximate surface area is 102 Å². The molecular formula is C14H19N3. The Morgan fingerprint density at radius 1 is 1.35 bits per heavy atom. The minimum atomic E-state index is 0.832. The molecule has 90 valence electrons. The second-order valence-corrected chi connectivity index (χ2v) is 5.17. The Hall–Kier alpha value is -1.35. The molecule has 17 heavy (non-hydrogen) atoms. The van der Waals surface area contributed by atoms with Gasteiger partial charge < -0.3 is 4.57 Å². The predicted molar refractivity (Wildman–Crippen MR) is 69.7 cm³/mol. The first-order valence-electron chi connectivity index (χ1n) is 6.45. The van der Waals surface area contributed by atoms with Crippen LogP contribution in [0, 0.1) is 5.92 Å². The molecule has 0 N–H and O–H groups in total. The number of benzene rings is 1. The summed E-state index contributed by atoms with van der Waals surface area (Å²) in [5.74, 6) is 0.832. The first-order valence-corrected chi connectivity index (χ1v) is 6.45. The van der Waals surface area contributed by atoms with Crippen molar-refractivity contribution in [2.24, 2.45) is 5.92 Å². The van der Waals surface area contributed by atoms with Crippen molar-refractivity contribution in [2.45, 2.75) is 26.4 Å². The summed E-state index contributed by atoms with van der Waals surface area (Å²) in [4.78, 5) is 6.97. The zero-order chi connectivity index (χ0) is 11.7. The van der Waals surface area contributed by atoms with Gasteiger partial charge in [0.1, 0.15) is 0 Å². The number of piperidine rings is 1. The molecule has 0 bridgehead atoms. The number of para-hydroxylation sites is 2. The maximum atomic E-state index is 4.44. The number of aromatic nitrogens is 2. The van der Waals surface area contributed by atoms with E-state index in [1.54, 1.807) is 0 Å². The van der Waals surface area contributed by atoms with Gasteiger partial charge in [0, 0.05) is 6.54 Å². The highest BCUT2D eigenvalue weighted by atomic mass is 15.3. The van der Waals surface area contributed by atoms with Crippen molar-refractivity contribution >= 4 is 11.0 Å². The normalized spacial score (nSPS) is 22.1. The second-order valence-electron chi connectivity index (χ2n) is 5.17. The fraction of sp³-hybridized carbons (Fsp3) is 0.500. The molecule has 0 saturated carbocycles. The minimum absolute atomic E-state index is 0.832. The Morgan fingerprint density at radius 3 is 3.12 bits per heavy atom. The maximum absolute atomic E-state index is 4.44. The average molecular weight is 229 g/mol. The molecule has 3 heteroatoms.